The van der Waals surface area contributed by atoms with Gasteiger partial charge in [0.05, 0.1) is 12.8 Å². The van der Waals surface area contributed by atoms with Crippen LogP contribution >= 0.6 is 0 Å². The minimum absolute atomic E-state index is 0.0631. The van der Waals surface area contributed by atoms with E-state index in [9.17, 15) is 4.79 Å². The van der Waals surface area contributed by atoms with Crippen LogP contribution in [0.2, 0.25) is 0 Å². The maximum absolute atomic E-state index is 12.3. The van der Waals surface area contributed by atoms with Gasteiger partial charge in [-0.15, -0.1) is 0 Å². The number of carbonyl (C=O) groups is 1. The minimum Gasteiger partial charge on any atom is -0.497 e. The highest BCUT2D eigenvalue weighted by Crippen LogP contribution is 2.20. The Kier molecular flexibility index (Phi) is 4.81. The molecule has 1 atom stereocenters. The maximum atomic E-state index is 12.3. The molecule has 1 aromatic rings. The van der Waals surface area contributed by atoms with E-state index in [-0.39, 0.29) is 11.9 Å². The summed E-state index contributed by atoms with van der Waals surface area (Å²) in [4.78, 5) is 19.9. The zero-order valence-corrected chi connectivity index (χ0v) is 13.6. The molecule has 23 heavy (non-hydrogen) atoms. The number of hydrogen-bond acceptors (Lipinski definition) is 5. The second-order valence-electron chi connectivity index (χ2n) is 6.15. The predicted molar refractivity (Wildman–Crippen MR) is 87.7 cm³/mol. The highest BCUT2D eigenvalue weighted by Gasteiger charge is 2.30. The Morgan fingerprint density at radius 1 is 1.30 bits per heavy atom. The highest BCUT2D eigenvalue weighted by molar-refractivity contribution is 6.04. The summed E-state index contributed by atoms with van der Waals surface area (Å²) in [5.41, 5.74) is 1.76. The summed E-state index contributed by atoms with van der Waals surface area (Å²) in [6, 6.07) is 7.86. The SMILES string of the molecule is COc1ccc(C2=NO[C@H](C(=O)NC3CCN(C)CC3)C2)cc1. The average molecular weight is 317 g/mol. The third-order valence-electron chi connectivity index (χ3n) is 4.45. The number of ether oxygens (including phenoxy) is 1. The van der Waals surface area contributed by atoms with E-state index >= 15 is 0 Å². The molecule has 2 aliphatic heterocycles. The molecule has 6 heteroatoms. The van der Waals surface area contributed by atoms with E-state index in [2.05, 4.69) is 22.4 Å². The zero-order chi connectivity index (χ0) is 16.2. The second-order valence-corrected chi connectivity index (χ2v) is 6.15. The van der Waals surface area contributed by atoms with Gasteiger partial charge in [-0.25, -0.2) is 0 Å². The summed E-state index contributed by atoms with van der Waals surface area (Å²) in [6.07, 6.45) is 1.96. The van der Waals surface area contributed by atoms with Crippen molar-refractivity contribution in [2.24, 2.45) is 5.16 Å². The summed E-state index contributed by atoms with van der Waals surface area (Å²) >= 11 is 0. The fourth-order valence-electron chi connectivity index (χ4n) is 2.92. The molecule has 1 N–H and O–H groups in total. The Morgan fingerprint density at radius 2 is 2.00 bits per heavy atom. The van der Waals surface area contributed by atoms with Crippen molar-refractivity contribution in [1.82, 2.24) is 10.2 Å². The molecule has 1 saturated heterocycles. The molecular formula is C17H23N3O3. The molecule has 2 aliphatic rings. The van der Waals surface area contributed by atoms with Gasteiger partial charge in [0.25, 0.3) is 5.91 Å². The molecule has 1 amide bonds. The number of benzene rings is 1. The summed E-state index contributed by atoms with van der Waals surface area (Å²) in [5, 5.41) is 7.16. The van der Waals surface area contributed by atoms with Crippen molar-refractivity contribution in [3.8, 4) is 5.75 Å². The lowest BCUT2D eigenvalue weighted by Crippen LogP contribution is -2.46. The molecule has 0 aromatic heterocycles. The smallest absolute Gasteiger partial charge is 0.264 e. The highest BCUT2D eigenvalue weighted by atomic mass is 16.6. The van der Waals surface area contributed by atoms with Gasteiger partial charge in [-0.1, -0.05) is 5.16 Å². The Balaban J connectivity index is 1.52. The van der Waals surface area contributed by atoms with Gasteiger partial charge in [-0.3, -0.25) is 4.79 Å². The van der Waals surface area contributed by atoms with Crippen molar-refractivity contribution in [2.75, 3.05) is 27.2 Å². The summed E-state index contributed by atoms with van der Waals surface area (Å²) < 4.78 is 5.14. The number of amides is 1. The molecule has 2 heterocycles. The van der Waals surface area contributed by atoms with Crippen LogP contribution in [0.25, 0.3) is 0 Å². The second kappa shape index (κ2) is 7.00. The van der Waals surface area contributed by atoms with Crippen molar-refractivity contribution < 1.29 is 14.4 Å². The van der Waals surface area contributed by atoms with Crippen LogP contribution in [0.15, 0.2) is 29.4 Å². The summed E-state index contributed by atoms with van der Waals surface area (Å²) in [6.45, 7) is 2.04. The van der Waals surface area contributed by atoms with Gasteiger partial charge in [0.15, 0.2) is 0 Å². The van der Waals surface area contributed by atoms with Crippen LogP contribution in [0, 0.1) is 0 Å². The molecule has 3 rings (SSSR count). The predicted octanol–water partition coefficient (Wildman–Crippen LogP) is 1.40. The van der Waals surface area contributed by atoms with Crippen LogP contribution in [0.1, 0.15) is 24.8 Å². The van der Waals surface area contributed by atoms with Gasteiger partial charge < -0.3 is 19.8 Å². The van der Waals surface area contributed by atoms with Crippen LogP contribution in [-0.2, 0) is 9.63 Å². The molecule has 1 fully saturated rings. The third-order valence-corrected chi connectivity index (χ3v) is 4.45. The van der Waals surface area contributed by atoms with E-state index in [0.717, 1.165) is 43.0 Å². The molecule has 124 valence electrons. The van der Waals surface area contributed by atoms with E-state index in [1.807, 2.05) is 24.3 Å². The fraction of sp³-hybridized carbons (Fsp3) is 0.529. The standard InChI is InChI=1S/C17H23N3O3/c1-20-9-7-13(8-10-20)18-17(21)16-11-15(19-23-16)12-3-5-14(22-2)6-4-12/h3-6,13,16H,7-11H2,1-2H3,(H,18,21)/t16-/m0/s1. The minimum atomic E-state index is -0.522. The van der Waals surface area contributed by atoms with Gasteiger partial charge in [-0.2, -0.15) is 0 Å². The van der Waals surface area contributed by atoms with Crippen LogP contribution in [0.3, 0.4) is 0 Å². The van der Waals surface area contributed by atoms with Gasteiger partial charge in [0.1, 0.15) is 5.75 Å². The summed E-state index contributed by atoms with van der Waals surface area (Å²) in [5.74, 6) is 0.733. The number of carbonyl (C=O) groups excluding carboxylic acids is 1. The normalized spacial score (nSPS) is 22.3. The first-order chi connectivity index (χ1) is 11.2. The topological polar surface area (TPSA) is 63.2 Å². The number of hydrogen-bond donors (Lipinski definition) is 1. The van der Waals surface area contributed by atoms with Crippen LogP contribution < -0.4 is 10.1 Å². The molecule has 0 aliphatic carbocycles. The van der Waals surface area contributed by atoms with E-state index in [1.165, 1.54) is 0 Å². The van der Waals surface area contributed by atoms with Crippen LogP contribution in [0.4, 0.5) is 0 Å². The molecule has 0 saturated carbocycles. The Morgan fingerprint density at radius 3 is 2.65 bits per heavy atom. The van der Waals surface area contributed by atoms with Crippen molar-refractivity contribution in [3.63, 3.8) is 0 Å². The Hall–Kier alpha value is -2.08. The number of nitrogens with zero attached hydrogens (tertiary/aromatic N) is 2. The van der Waals surface area contributed by atoms with E-state index in [0.29, 0.717) is 6.42 Å². The maximum Gasteiger partial charge on any atom is 0.264 e. The van der Waals surface area contributed by atoms with Crippen LogP contribution in [-0.4, -0.2) is 55.9 Å². The lowest BCUT2D eigenvalue weighted by Gasteiger charge is -2.29. The van der Waals surface area contributed by atoms with E-state index in [1.54, 1.807) is 7.11 Å². The first kappa shape index (κ1) is 15.8. The average Bonchev–Trinajstić information content (AvgIpc) is 3.07. The van der Waals surface area contributed by atoms with Gasteiger partial charge >= 0.3 is 0 Å². The fourth-order valence-corrected chi connectivity index (χ4v) is 2.92. The van der Waals surface area contributed by atoms with Crippen molar-refractivity contribution >= 4 is 11.6 Å². The summed E-state index contributed by atoms with van der Waals surface area (Å²) in [7, 11) is 3.74. The quantitative estimate of drug-likeness (QED) is 0.912. The molecule has 0 unspecified atom stereocenters. The molecule has 6 nitrogen and oxygen atoms in total. The lowest BCUT2D eigenvalue weighted by molar-refractivity contribution is -0.132. The van der Waals surface area contributed by atoms with E-state index in [4.69, 9.17) is 9.57 Å². The number of likely N-dealkylation sites (tertiary alicyclic amines) is 1. The monoisotopic (exact) mass is 317 g/mol. The van der Waals surface area contributed by atoms with Gasteiger partial charge in [-0.05, 0) is 62.8 Å². The number of piperidine rings is 1. The number of nitrogens with one attached hydrogen (secondary N) is 1. The Labute approximate surface area is 136 Å². The first-order valence-corrected chi connectivity index (χ1v) is 8.02. The van der Waals surface area contributed by atoms with Gasteiger partial charge in [0, 0.05) is 12.5 Å². The third kappa shape index (κ3) is 3.82. The van der Waals surface area contributed by atoms with Crippen molar-refractivity contribution in [1.29, 1.82) is 0 Å². The molecular weight excluding hydrogens is 294 g/mol. The van der Waals surface area contributed by atoms with Gasteiger partial charge in [0.2, 0.25) is 6.10 Å². The molecule has 0 radical (unpaired) electrons. The van der Waals surface area contributed by atoms with Crippen molar-refractivity contribution in [3.05, 3.63) is 29.8 Å². The largest absolute Gasteiger partial charge is 0.497 e. The first-order valence-electron chi connectivity index (χ1n) is 8.02. The zero-order valence-electron chi connectivity index (χ0n) is 13.6. The van der Waals surface area contributed by atoms with Crippen LogP contribution in [0.5, 0.6) is 5.75 Å². The molecule has 0 spiro atoms. The molecule has 0 bridgehead atoms. The Bertz CT molecular complexity index is 577. The molecule has 1 aromatic carbocycles. The lowest BCUT2D eigenvalue weighted by atomic mass is 10.0. The van der Waals surface area contributed by atoms with Crippen molar-refractivity contribution in [2.45, 2.75) is 31.4 Å². The number of oxime groups is 1. The van der Waals surface area contributed by atoms with E-state index < -0.39 is 6.10 Å². The number of rotatable bonds is 4. The number of methoxy groups -OCH3 is 1.